The van der Waals surface area contributed by atoms with E-state index < -0.39 is 33.5 Å². The molecule has 80 valence electrons. The van der Waals surface area contributed by atoms with E-state index in [0.29, 0.717) is 0 Å². The van der Waals surface area contributed by atoms with Crippen LogP contribution in [0.25, 0.3) is 0 Å². The van der Waals surface area contributed by atoms with Crippen molar-refractivity contribution in [3.8, 4) is 0 Å². The Kier molecular flexibility index (Phi) is 2.65. The molecule has 0 unspecified atom stereocenters. The quantitative estimate of drug-likeness (QED) is 0.359. The van der Waals surface area contributed by atoms with Crippen LogP contribution in [0.15, 0.2) is 9.59 Å². The fourth-order valence-electron chi connectivity index (χ4n) is 0.904. The van der Waals surface area contributed by atoms with Gasteiger partial charge in [-0.3, -0.25) is 24.9 Å². The molecule has 0 fully saturated rings. The van der Waals surface area contributed by atoms with E-state index in [1.807, 2.05) is 4.98 Å². The average Bonchev–Trinajstić information content (AvgIpc) is 2.14. The van der Waals surface area contributed by atoms with Gasteiger partial charge in [0.05, 0.1) is 12.0 Å². The number of nitro groups is 1. The Labute approximate surface area is 80.9 Å². The van der Waals surface area contributed by atoms with Crippen LogP contribution in [0.4, 0.5) is 5.69 Å². The van der Waals surface area contributed by atoms with E-state index in [9.17, 15) is 24.5 Å². The van der Waals surface area contributed by atoms with E-state index in [1.54, 1.807) is 4.98 Å². The van der Waals surface area contributed by atoms with Gasteiger partial charge in [0.1, 0.15) is 0 Å². The van der Waals surface area contributed by atoms with Crippen molar-refractivity contribution in [2.24, 2.45) is 0 Å². The average molecular weight is 215 g/mol. The second-order valence-corrected chi connectivity index (χ2v) is 2.38. The third-order valence-corrected chi connectivity index (χ3v) is 1.49. The molecule has 1 aromatic heterocycles. The summed E-state index contributed by atoms with van der Waals surface area (Å²) in [5.74, 6) is -1.16. The maximum atomic E-state index is 11.0. The van der Waals surface area contributed by atoms with Crippen molar-refractivity contribution in [3.63, 3.8) is 0 Å². The molecule has 1 aromatic rings. The number of methoxy groups -OCH3 is 1. The van der Waals surface area contributed by atoms with Crippen LogP contribution in [0.3, 0.4) is 0 Å². The normalized spacial score (nSPS) is 9.67. The van der Waals surface area contributed by atoms with Gasteiger partial charge in [-0.15, -0.1) is 0 Å². The Bertz CT molecular complexity index is 526. The van der Waals surface area contributed by atoms with E-state index in [1.165, 1.54) is 0 Å². The monoisotopic (exact) mass is 215 g/mol. The lowest BCUT2D eigenvalue weighted by Crippen LogP contribution is -2.28. The molecule has 0 atom stereocenters. The molecule has 0 radical (unpaired) electrons. The Morgan fingerprint density at radius 3 is 2.47 bits per heavy atom. The standard InChI is InChI=1S/C6H5N3O6/c1-15-5(11)2-3(9(13)14)4(10)8-6(12)7-2/h1H3,(H2,7,8,10,12). The number of H-pyrrole nitrogens is 2. The second kappa shape index (κ2) is 3.74. The molecule has 9 nitrogen and oxygen atoms in total. The van der Waals surface area contributed by atoms with Crippen LogP contribution < -0.4 is 11.2 Å². The van der Waals surface area contributed by atoms with Crippen molar-refractivity contribution < 1.29 is 14.5 Å². The molecule has 0 saturated carbocycles. The first-order valence-corrected chi connectivity index (χ1v) is 3.56. The minimum atomic E-state index is -1.26. The van der Waals surface area contributed by atoms with E-state index >= 15 is 0 Å². The topological polar surface area (TPSA) is 135 Å². The number of ether oxygens (including phenoxy) is 1. The second-order valence-electron chi connectivity index (χ2n) is 2.38. The molecule has 1 heterocycles. The first-order chi connectivity index (χ1) is 6.97. The fraction of sp³-hybridized carbons (Fsp3) is 0.167. The van der Waals surface area contributed by atoms with Gasteiger partial charge in [-0.25, -0.2) is 9.59 Å². The minimum absolute atomic E-state index is 0.781. The molecule has 2 N–H and O–H groups in total. The molecule has 0 aliphatic heterocycles. The molecule has 0 saturated heterocycles. The Morgan fingerprint density at radius 1 is 1.40 bits per heavy atom. The Hall–Kier alpha value is -2.45. The van der Waals surface area contributed by atoms with Gasteiger partial charge in [0.25, 0.3) is 0 Å². The summed E-state index contributed by atoms with van der Waals surface area (Å²) >= 11 is 0. The van der Waals surface area contributed by atoms with Crippen molar-refractivity contribution >= 4 is 11.7 Å². The third kappa shape index (κ3) is 1.90. The smallest absolute Gasteiger partial charge is 0.364 e. The molecule has 15 heavy (non-hydrogen) atoms. The third-order valence-electron chi connectivity index (χ3n) is 1.49. The maximum Gasteiger partial charge on any atom is 0.364 e. The number of hydrogen-bond donors (Lipinski definition) is 2. The zero-order chi connectivity index (χ0) is 11.6. The van der Waals surface area contributed by atoms with Gasteiger partial charge in [0, 0.05) is 0 Å². The number of aromatic amines is 2. The number of rotatable bonds is 2. The lowest BCUT2D eigenvalue weighted by atomic mass is 10.3. The van der Waals surface area contributed by atoms with E-state index in [2.05, 4.69) is 4.74 Å². The van der Waals surface area contributed by atoms with Crippen molar-refractivity contribution in [3.05, 3.63) is 36.6 Å². The Balaban J connectivity index is 3.61. The molecular formula is C6H5N3O6. The van der Waals surface area contributed by atoms with E-state index in [4.69, 9.17) is 0 Å². The van der Waals surface area contributed by atoms with Gasteiger partial charge in [0.15, 0.2) is 0 Å². The summed E-state index contributed by atoms with van der Waals surface area (Å²) in [4.78, 5) is 45.5. The SMILES string of the molecule is COC(=O)c1[nH]c(=O)[nH]c(=O)c1[N+](=O)[O-]. The molecule has 0 spiro atoms. The number of nitrogens with one attached hydrogen (secondary N) is 2. The van der Waals surface area contributed by atoms with Gasteiger partial charge >= 0.3 is 22.9 Å². The molecule has 0 amide bonds. The van der Waals surface area contributed by atoms with Crippen LogP contribution in [0.2, 0.25) is 0 Å². The number of carbonyl (C=O) groups excluding carboxylic acids is 1. The van der Waals surface area contributed by atoms with E-state index in [-0.39, 0.29) is 0 Å². The molecular weight excluding hydrogens is 210 g/mol. The highest BCUT2D eigenvalue weighted by Gasteiger charge is 2.26. The van der Waals surface area contributed by atoms with Crippen molar-refractivity contribution in [2.75, 3.05) is 7.11 Å². The molecule has 0 bridgehead atoms. The van der Waals surface area contributed by atoms with Gasteiger partial charge < -0.3 is 4.74 Å². The fourth-order valence-corrected chi connectivity index (χ4v) is 0.904. The molecule has 9 heteroatoms. The van der Waals surface area contributed by atoms with Gasteiger partial charge in [0.2, 0.25) is 5.69 Å². The number of carbonyl (C=O) groups is 1. The number of nitrogens with zero attached hydrogens (tertiary/aromatic N) is 1. The predicted octanol–water partition coefficient (Wildman–Crippen LogP) is -1.24. The van der Waals surface area contributed by atoms with Crippen molar-refractivity contribution in [1.29, 1.82) is 0 Å². The van der Waals surface area contributed by atoms with Crippen molar-refractivity contribution in [2.45, 2.75) is 0 Å². The van der Waals surface area contributed by atoms with Crippen LogP contribution in [-0.2, 0) is 4.74 Å². The summed E-state index contributed by atoms with van der Waals surface area (Å²) in [7, 11) is 0.964. The maximum absolute atomic E-state index is 11.0. The van der Waals surface area contributed by atoms with E-state index in [0.717, 1.165) is 7.11 Å². The number of aromatic nitrogens is 2. The Morgan fingerprint density at radius 2 is 2.00 bits per heavy atom. The lowest BCUT2D eigenvalue weighted by Gasteiger charge is -1.98. The number of esters is 1. The van der Waals surface area contributed by atoms with Gasteiger partial charge in [-0.05, 0) is 0 Å². The molecule has 0 aromatic carbocycles. The zero-order valence-corrected chi connectivity index (χ0v) is 7.40. The highest BCUT2D eigenvalue weighted by Crippen LogP contribution is 2.08. The van der Waals surface area contributed by atoms with Crippen molar-refractivity contribution in [1.82, 2.24) is 9.97 Å². The number of hydrogen-bond acceptors (Lipinski definition) is 6. The molecule has 1 rings (SSSR count). The first-order valence-electron chi connectivity index (χ1n) is 3.56. The minimum Gasteiger partial charge on any atom is -0.464 e. The summed E-state index contributed by atoms with van der Waals surface area (Å²) in [6.45, 7) is 0. The summed E-state index contributed by atoms with van der Waals surface area (Å²) in [6.07, 6.45) is 0. The first kappa shape index (κ1) is 10.6. The molecule has 0 aliphatic rings. The van der Waals surface area contributed by atoms with Crippen LogP contribution in [0, 0.1) is 10.1 Å². The summed E-state index contributed by atoms with van der Waals surface area (Å²) in [5.41, 5.74) is -4.12. The lowest BCUT2D eigenvalue weighted by molar-refractivity contribution is -0.387. The highest BCUT2D eigenvalue weighted by molar-refractivity contribution is 5.91. The van der Waals surface area contributed by atoms with Crippen LogP contribution in [0.1, 0.15) is 10.5 Å². The van der Waals surface area contributed by atoms with Crippen LogP contribution in [-0.4, -0.2) is 28.0 Å². The summed E-state index contributed by atoms with van der Waals surface area (Å²) in [5, 5.41) is 10.4. The predicted molar refractivity (Wildman–Crippen MR) is 45.7 cm³/mol. The highest BCUT2D eigenvalue weighted by atomic mass is 16.6. The van der Waals surface area contributed by atoms with Gasteiger partial charge in [-0.1, -0.05) is 0 Å². The van der Waals surface area contributed by atoms with Crippen LogP contribution in [0.5, 0.6) is 0 Å². The van der Waals surface area contributed by atoms with Gasteiger partial charge in [-0.2, -0.15) is 0 Å². The molecule has 0 aliphatic carbocycles. The largest absolute Gasteiger partial charge is 0.464 e. The zero-order valence-electron chi connectivity index (χ0n) is 7.40. The summed E-state index contributed by atoms with van der Waals surface area (Å²) < 4.78 is 4.17. The summed E-state index contributed by atoms with van der Waals surface area (Å²) in [6, 6.07) is 0. The van der Waals surface area contributed by atoms with Crippen LogP contribution >= 0.6 is 0 Å².